The van der Waals surface area contributed by atoms with Gasteiger partial charge in [-0.05, 0) is 73.5 Å². The summed E-state index contributed by atoms with van der Waals surface area (Å²) in [6, 6.07) is 12.0. The molecule has 1 N–H and O–H groups in total. The Morgan fingerprint density at radius 2 is 1.86 bits per heavy atom. The third-order valence-electron chi connectivity index (χ3n) is 4.28. The summed E-state index contributed by atoms with van der Waals surface area (Å²) in [4.78, 5) is 16.0. The Bertz CT molecular complexity index is 1030. The summed E-state index contributed by atoms with van der Waals surface area (Å²) in [7, 11) is 0. The number of rotatable bonds is 7. The van der Waals surface area contributed by atoms with Gasteiger partial charge in [-0.15, -0.1) is 11.8 Å². The standard InChI is InChI=1S/C22H19F2NO3S/c1-3-28-15-5-7-16(8-6-15)29-21(17-11-14(23)4-9-19(17)24)18-12-25-20(22(26)27)10-13(18)2/h4-12,21H,3H2,1-2H3,(H,26,27). The van der Waals surface area contributed by atoms with Crippen LogP contribution in [-0.4, -0.2) is 22.7 Å². The van der Waals surface area contributed by atoms with Crippen molar-refractivity contribution < 1.29 is 23.4 Å². The number of hydrogen-bond donors (Lipinski definition) is 1. The number of carboxylic acids is 1. The van der Waals surface area contributed by atoms with Crippen molar-refractivity contribution in [2.24, 2.45) is 0 Å². The van der Waals surface area contributed by atoms with Crippen molar-refractivity contribution in [3.63, 3.8) is 0 Å². The number of aromatic nitrogens is 1. The molecule has 0 spiro atoms. The molecule has 0 aliphatic carbocycles. The molecule has 1 unspecified atom stereocenters. The predicted octanol–water partition coefficient (Wildman–Crippen LogP) is 5.65. The Labute approximate surface area is 171 Å². The summed E-state index contributed by atoms with van der Waals surface area (Å²) < 4.78 is 33.9. The Kier molecular flexibility index (Phi) is 6.49. The number of aromatic carboxylic acids is 1. The molecule has 7 heteroatoms. The van der Waals surface area contributed by atoms with Crippen molar-refractivity contribution in [1.82, 2.24) is 4.98 Å². The van der Waals surface area contributed by atoms with E-state index in [0.717, 1.165) is 23.1 Å². The summed E-state index contributed by atoms with van der Waals surface area (Å²) in [6.45, 7) is 4.17. The molecule has 0 saturated heterocycles. The number of ether oxygens (including phenoxy) is 1. The van der Waals surface area contributed by atoms with Crippen LogP contribution in [0.2, 0.25) is 0 Å². The van der Waals surface area contributed by atoms with E-state index >= 15 is 0 Å². The topological polar surface area (TPSA) is 59.4 Å². The second kappa shape index (κ2) is 9.05. The molecular formula is C22H19F2NO3S. The first kappa shape index (κ1) is 20.8. The van der Waals surface area contributed by atoms with Crippen LogP contribution in [0.5, 0.6) is 5.75 Å². The SMILES string of the molecule is CCOc1ccc(SC(c2cnc(C(=O)O)cc2C)c2cc(F)ccc2F)cc1. The Morgan fingerprint density at radius 3 is 2.48 bits per heavy atom. The van der Waals surface area contributed by atoms with Crippen LogP contribution in [0.25, 0.3) is 0 Å². The van der Waals surface area contributed by atoms with Gasteiger partial charge < -0.3 is 9.84 Å². The highest BCUT2D eigenvalue weighted by molar-refractivity contribution is 7.99. The number of aryl methyl sites for hydroxylation is 1. The maximum Gasteiger partial charge on any atom is 0.354 e. The van der Waals surface area contributed by atoms with E-state index in [1.165, 1.54) is 24.0 Å². The second-order valence-electron chi connectivity index (χ2n) is 6.30. The molecule has 1 atom stereocenters. The summed E-state index contributed by atoms with van der Waals surface area (Å²) in [6.07, 6.45) is 1.41. The number of hydrogen-bond acceptors (Lipinski definition) is 4. The Hall–Kier alpha value is -2.93. The fraction of sp³-hybridized carbons (Fsp3) is 0.182. The van der Waals surface area contributed by atoms with Crippen LogP contribution in [0.1, 0.15) is 39.4 Å². The normalized spacial score (nSPS) is 11.9. The molecule has 3 aromatic rings. The molecule has 2 aromatic carbocycles. The lowest BCUT2D eigenvalue weighted by Crippen LogP contribution is -2.07. The summed E-state index contributed by atoms with van der Waals surface area (Å²) in [5.74, 6) is -1.52. The number of nitrogens with zero attached hydrogens (tertiary/aromatic N) is 1. The molecule has 3 rings (SSSR count). The molecule has 4 nitrogen and oxygen atoms in total. The highest BCUT2D eigenvalue weighted by Gasteiger charge is 2.23. The van der Waals surface area contributed by atoms with Crippen LogP contribution in [-0.2, 0) is 0 Å². The van der Waals surface area contributed by atoms with Crippen molar-refractivity contribution in [2.75, 3.05) is 6.61 Å². The zero-order chi connectivity index (χ0) is 21.0. The van der Waals surface area contributed by atoms with Crippen molar-refractivity contribution in [3.8, 4) is 5.75 Å². The Morgan fingerprint density at radius 1 is 1.14 bits per heavy atom. The first-order valence-corrected chi connectivity index (χ1v) is 9.81. The largest absolute Gasteiger partial charge is 0.494 e. The van der Waals surface area contributed by atoms with Gasteiger partial charge in [0, 0.05) is 16.7 Å². The minimum atomic E-state index is -1.15. The molecule has 29 heavy (non-hydrogen) atoms. The van der Waals surface area contributed by atoms with Crippen molar-refractivity contribution in [2.45, 2.75) is 24.0 Å². The van der Waals surface area contributed by atoms with Crippen LogP contribution in [0.4, 0.5) is 8.78 Å². The lowest BCUT2D eigenvalue weighted by molar-refractivity contribution is 0.0690. The van der Waals surface area contributed by atoms with Gasteiger partial charge in [0.15, 0.2) is 0 Å². The molecule has 0 aliphatic heterocycles. The van der Waals surface area contributed by atoms with Crippen molar-refractivity contribution >= 4 is 17.7 Å². The van der Waals surface area contributed by atoms with E-state index in [0.29, 0.717) is 23.5 Å². The van der Waals surface area contributed by atoms with Gasteiger partial charge in [0.05, 0.1) is 11.9 Å². The van der Waals surface area contributed by atoms with Gasteiger partial charge in [-0.25, -0.2) is 18.6 Å². The van der Waals surface area contributed by atoms with Gasteiger partial charge in [0.2, 0.25) is 0 Å². The molecule has 0 bridgehead atoms. The van der Waals surface area contributed by atoms with E-state index in [9.17, 15) is 13.6 Å². The molecule has 0 fully saturated rings. The van der Waals surface area contributed by atoms with Crippen molar-refractivity contribution in [1.29, 1.82) is 0 Å². The monoisotopic (exact) mass is 415 g/mol. The highest BCUT2D eigenvalue weighted by atomic mass is 32.2. The minimum absolute atomic E-state index is 0.101. The van der Waals surface area contributed by atoms with Crippen LogP contribution in [0.3, 0.4) is 0 Å². The average molecular weight is 415 g/mol. The van der Waals surface area contributed by atoms with Crippen molar-refractivity contribution in [3.05, 3.63) is 88.7 Å². The molecule has 0 saturated carbocycles. The molecule has 1 aromatic heterocycles. The fourth-order valence-corrected chi connectivity index (χ4v) is 4.13. The molecular weight excluding hydrogens is 396 g/mol. The summed E-state index contributed by atoms with van der Waals surface area (Å²) >= 11 is 1.32. The van der Waals surface area contributed by atoms with E-state index in [4.69, 9.17) is 9.84 Å². The van der Waals surface area contributed by atoms with E-state index in [-0.39, 0.29) is 11.3 Å². The van der Waals surface area contributed by atoms with Crippen LogP contribution in [0.15, 0.2) is 59.6 Å². The van der Waals surface area contributed by atoms with Gasteiger partial charge in [0.25, 0.3) is 0 Å². The molecule has 0 amide bonds. The van der Waals surface area contributed by atoms with Crippen LogP contribution in [0, 0.1) is 18.6 Å². The first-order valence-electron chi connectivity index (χ1n) is 8.93. The zero-order valence-electron chi connectivity index (χ0n) is 15.9. The fourth-order valence-electron chi connectivity index (χ4n) is 2.89. The molecule has 0 radical (unpaired) electrons. The maximum atomic E-state index is 14.6. The number of halogens is 2. The average Bonchev–Trinajstić information content (AvgIpc) is 2.70. The third kappa shape index (κ3) is 4.92. The minimum Gasteiger partial charge on any atom is -0.494 e. The summed E-state index contributed by atoms with van der Waals surface area (Å²) in [5.41, 5.74) is 1.30. The predicted molar refractivity (Wildman–Crippen MR) is 108 cm³/mol. The van der Waals surface area contributed by atoms with E-state index in [1.54, 1.807) is 6.92 Å². The van der Waals surface area contributed by atoms with Gasteiger partial charge in [-0.3, -0.25) is 0 Å². The van der Waals surface area contributed by atoms with Crippen LogP contribution >= 0.6 is 11.8 Å². The number of pyridine rings is 1. The molecule has 1 heterocycles. The highest BCUT2D eigenvalue weighted by Crippen LogP contribution is 2.43. The molecule has 0 aliphatic rings. The van der Waals surface area contributed by atoms with Gasteiger partial charge in [0.1, 0.15) is 23.1 Å². The number of benzene rings is 2. The number of thioether (sulfide) groups is 1. The summed E-state index contributed by atoms with van der Waals surface area (Å²) in [5, 5.41) is 8.54. The second-order valence-corrected chi connectivity index (χ2v) is 7.48. The quantitative estimate of drug-likeness (QED) is 0.506. The lowest BCUT2D eigenvalue weighted by atomic mass is 10.0. The molecule has 150 valence electrons. The van der Waals surface area contributed by atoms with Gasteiger partial charge in [-0.1, -0.05) is 0 Å². The van der Waals surface area contributed by atoms with Gasteiger partial charge >= 0.3 is 5.97 Å². The zero-order valence-corrected chi connectivity index (χ0v) is 16.7. The van der Waals surface area contributed by atoms with E-state index in [2.05, 4.69) is 4.98 Å². The van der Waals surface area contributed by atoms with E-state index < -0.39 is 22.9 Å². The number of carboxylic acid groups (broad SMARTS) is 1. The van der Waals surface area contributed by atoms with E-state index in [1.807, 2.05) is 31.2 Å². The Balaban J connectivity index is 2.05. The smallest absolute Gasteiger partial charge is 0.354 e. The van der Waals surface area contributed by atoms with Crippen LogP contribution < -0.4 is 4.74 Å². The lowest BCUT2D eigenvalue weighted by Gasteiger charge is -2.20. The number of carbonyl (C=O) groups is 1. The first-order chi connectivity index (χ1) is 13.9. The third-order valence-corrected chi connectivity index (χ3v) is 5.57. The maximum absolute atomic E-state index is 14.6. The van der Waals surface area contributed by atoms with Gasteiger partial charge in [-0.2, -0.15) is 0 Å².